The molecular formula is C15H19F3N2O. The highest BCUT2D eigenvalue weighted by Gasteiger charge is 2.41. The molecule has 0 N–H and O–H groups in total. The van der Waals surface area contributed by atoms with Gasteiger partial charge in [-0.2, -0.15) is 13.2 Å². The zero-order valence-electron chi connectivity index (χ0n) is 12.0. The Morgan fingerprint density at radius 2 is 1.95 bits per heavy atom. The van der Waals surface area contributed by atoms with Gasteiger partial charge in [0.1, 0.15) is 0 Å². The van der Waals surface area contributed by atoms with E-state index in [2.05, 4.69) is 4.98 Å². The van der Waals surface area contributed by atoms with E-state index in [0.717, 1.165) is 25.5 Å². The molecule has 1 aromatic heterocycles. The number of alkyl halides is 3. The van der Waals surface area contributed by atoms with Crippen molar-refractivity contribution in [1.29, 1.82) is 0 Å². The van der Waals surface area contributed by atoms with Crippen LogP contribution >= 0.6 is 0 Å². The van der Waals surface area contributed by atoms with Crippen molar-refractivity contribution in [3.63, 3.8) is 0 Å². The van der Waals surface area contributed by atoms with Gasteiger partial charge in [-0.05, 0) is 30.4 Å². The molecule has 116 valence electrons. The standard InChI is InChI=1S/C15H19F3N2O/c1-20(14(21)15(16,17)18)10-13-8-7-12(9-19-13)11-5-3-2-4-6-11/h7-9,11H,2-6,10H2,1H3. The van der Waals surface area contributed by atoms with Crippen LogP contribution in [0.4, 0.5) is 13.2 Å². The van der Waals surface area contributed by atoms with E-state index in [1.54, 1.807) is 12.3 Å². The summed E-state index contributed by atoms with van der Waals surface area (Å²) in [5, 5.41) is 0. The summed E-state index contributed by atoms with van der Waals surface area (Å²) in [6.45, 7) is -0.136. The fourth-order valence-corrected chi connectivity index (χ4v) is 2.74. The fourth-order valence-electron chi connectivity index (χ4n) is 2.74. The zero-order valence-corrected chi connectivity index (χ0v) is 12.0. The predicted molar refractivity (Wildman–Crippen MR) is 72.6 cm³/mol. The molecule has 0 aliphatic heterocycles. The first kappa shape index (κ1) is 15.8. The molecule has 6 heteroatoms. The van der Waals surface area contributed by atoms with Crippen LogP contribution in [0.1, 0.15) is 49.3 Å². The van der Waals surface area contributed by atoms with Crippen molar-refractivity contribution in [3.8, 4) is 0 Å². The lowest BCUT2D eigenvalue weighted by Crippen LogP contribution is -2.38. The van der Waals surface area contributed by atoms with Gasteiger partial charge < -0.3 is 4.90 Å². The van der Waals surface area contributed by atoms with Crippen LogP contribution in [0.15, 0.2) is 18.3 Å². The molecule has 0 atom stereocenters. The second kappa shape index (κ2) is 6.45. The fraction of sp³-hybridized carbons (Fsp3) is 0.600. The van der Waals surface area contributed by atoms with E-state index in [4.69, 9.17) is 0 Å². The summed E-state index contributed by atoms with van der Waals surface area (Å²) in [5.74, 6) is -1.34. The van der Waals surface area contributed by atoms with Crippen LogP contribution in [0, 0.1) is 0 Å². The minimum Gasteiger partial charge on any atom is -0.332 e. The van der Waals surface area contributed by atoms with Crippen LogP contribution < -0.4 is 0 Å². The summed E-state index contributed by atoms with van der Waals surface area (Å²) in [6.07, 6.45) is 2.89. The summed E-state index contributed by atoms with van der Waals surface area (Å²) in [6, 6.07) is 3.63. The molecule has 1 heterocycles. The molecule has 0 unspecified atom stereocenters. The van der Waals surface area contributed by atoms with E-state index in [9.17, 15) is 18.0 Å². The lowest BCUT2D eigenvalue weighted by Gasteiger charge is -2.22. The van der Waals surface area contributed by atoms with Gasteiger partial charge in [-0.15, -0.1) is 0 Å². The first-order valence-corrected chi connectivity index (χ1v) is 7.15. The quantitative estimate of drug-likeness (QED) is 0.853. The van der Waals surface area contributed by atoms with Gasteiger partial charge in [0.05, 0.1) is 12.2 Å². The van der Waals surface area contributed by atoms with Gasteiger partial charge in [-0.25, -0.2) is 0 Å². The third-order valence-electron chi connectivity index (χ3n) is 3.91. The average molecular weight is 300 g/mol. The molecule has 0 aromatic carbocycles. The molecule has 1 fully saturated rings. The van der Waals surface area contributed by atoms with Crippen molar-refractivity contribution in [2.24, 2.45) is 0 Å². The van der Waals surface area contributed by atoms with E-state index < -0.39 is 12.1 Å². The number of hydrogen-bond donors (Lipinski definition) is 0. The highest BCUT2D eigenvalue weighted by molar-refractivity contribution is 5.81. The monoisotopic (exact) mass is 300 g/mol. The van der Waals surface area contributed by atoms with Crippen LogP contribution in [-0.4, -0.2) is 29.0 Å². The Labute approximate surface area is 122 Å². The Balaban J connectivity index is 1.97. The molecule has 1 amide bonds. The maximum absolute atomic E-state index is 12.3. The van der Waals surface area contributed by atoms with Gasteiger partial charge in [0.2, 0.25) is 0 Å². The van der Waals surface area contributed by atoms with Crippen molar-refractivity contribution < 1.29 is 18.0 Å². The number of amides is 1. The second-order valence-corrected chi connectivity index (χ2v) is 5.58. The first-order chi connectivity index (χ1) is 9.88. The van der Waals surface area contributed by atoms with E-state index in [1.165, 1.54) is 19.3 Å². The highest BCUT2D eigenvalue weighted by Crippen LogP contribution is 2.32. The highest BCUT2D eigenvalue weighted by atomic mass is 19.4. The summed E-state index contributed by atoms with van der Waals surface area (Å²) in [4.78, 5) is 15.9. The van der Waals surface area contributed by atoms with Crippen molar-refractivity contribution in [2.45, 2.75) is 50.7 Å². The van der Waals surface area contributed by atoms with E-state index >= 15 is 0 Å². The molecule has 1 aromatic rings. The van der Waals surface area contributed by atoms with Gasteiger partial charge in [0.15, 0.2) is 0 Å². The zero-order chi connectivity index (χ0) is 15.5. The molecular weight excluding hydrogens is 281 g/mol. The molecule has 3 nitrogen and oxygen atoms in total. The molecule has 1 saturated carbocycles. The third kappa shape index (κ3) is 4.19. The van der Waals surface area contributed by atoms with E-state index in [-0.39, 0.29) is 6.54 Å². The van der Waals surface area contributed by atoms with Crippen LogP contribution in [0.2, 0.25) is 0 Å². The van der Waals surface area contributed by atoms with Crippen LogP contribution in [-0.2, 0) is 11.3 Å². The van der Waals surface area contributed by atoms with Gasteiger partial charge in [-0.3, -0.25) is 9.78 Å². The minimum atomic E-state index is -4.84. The first-order valence-electron chi connectivity index (χ1n) is 7.15. The second-order valence-electron chi connectivity index (χ2n) is 5.58. The van der Waals surface area contributed by atoms with Gasteiger partial charge >= 0.3 is 12.1 Å². The number of halogens is 3. The van der Waals surface area contributed by atoms with Crippen LogP contribution in [0.3, 0.4) is 0 Å². The normalized spacial score (nSPS) is 16.8. The molecule has 1 aliphatic rings. The summed E-state index contributed by atoms with van der Waals surface area (Å²) < 4.78 is 36.9. The van der Waals surface area contributed by atoms with E-state index in [0.29, 0.717) is 16.5 Å². The van der Waals surface area contributed by atoms with Crippen molar-refractivity contribution in [3.05, 3.63) is 29.6 Å². The molecule has 0 spiro atoms. The van der Waals surface area contributed by atoms with Gasteiger partial charge in [-0.1, -0.05) is 25.3 Å². The van der Waals surface area contributed by atoms with Gasteiger partial charge in [0.25, 0.3) is 0 Å². The smallest absolute Gasteiger partial charge is 0.332 e. The SMILES string of the molecule is CN(Cc1ccc(C2CCCCC2)cn1)C(=O)C(F)(F)F. The van der Waals surface area contributed by atoms with Crippen molar-refractivity contribution in [2.75, 3.05) is 7.05 Å². The van der Waals surface area contributed by atoms with Crippen LogP contribution in [0.25, 0.3) is 0 Å². The Morgan fingerprint density at radius 1 is 1.29 bits per heavy atom. The van der Waals surface area contributed by atoms with Crippen molar-refractivity contribution in [1.82, 2.24) is 9.88 Å². The largest absolute Gasteiger partial charge is 0.471 e. The lowest BCUT2D eigenvalue weighted by atomic mass is 9.85. The lowest BCUT2D eigenvalue weighted by molar-refractivity contribution is -0.184. The number of nitrogens with zero attached hydrogens (tertiary/aromatic N) is 2. The average Bonchev–Trinajstić information content (AvgIpc) is 2.47. The number of pyridine rings is 1. The molecule has 0 saturated heterocycles. The molecule has 2 rings (SSSR count). The third-order valence-corrected chi connectivity index (χ3v) is 3.91. The Bertz CT molecular complexity index is 479. The summed E-state index contributed by atoms with van der Waals surface area (Å²) in [5.41, 5.74) is 1.61. The maximum atomic E-state index is 12.3. The number of aromatic nitrogens is 1. The number of hydrogen-bond acceptors (Lipinski definition) is 2. The predicted octanol–water partition coefficient (Wildman–Crippen LogP) is 3.65. The molecule has 0 bridgehead atoms. The number of rotatable bonds is 3. The Hall–Kier alpha value is -1.59. The molecule has 21 heavy (non-hydrogen) atoms. The number of carbonyl (C=O) groups is 1. The summed E-state index contributed by atoms with van der Waals surface area (Å²) in [7, 11) is 1.13. The molecule has 1 aliphatic carbocycles. The topological polar surface area (TPSA) is 33.2 Å². The molecule has 0 radical (unpaired) electrons. The number of carbonyl (C=O) groups excluding carboxylic acids is 1. The van der Waals surface area contributed by atoms with Gasteiger partial charge in [0, 0.05) is 13.2 Å². The summed E-state index contributed by atoms with van der Waals surface area (Å²) >= 11 is 0. The van der Waals surface area contributed by atoms with Crippen LogP contribution in [0.5, 0.6) is 0 Å². The van der Waals surface area contributed by atoms with E-state index in [1.807, 2.05) is 6.07 Å². The minimum absolute atomic E-state index is 0.136. The Kier molecular flexibility index (Phi) is 4.85. The Morgan fingerprint density at radius 3 is 2.48 bits per heavy atom. The van der Waals surface area contributed by atoms with Crippen molar-refractivity contribution >= 4 is 5.91 Å². The maximum Gasteiger partial charge on any atom is 0.471 e.